The highest BCUT2D eigenvalue weighted by atomic mass is 16.3. The van der Waals surface area contributed by atoms with Crippen LogP contribution in [-0.2, 0) is 0 Å². The average molecular weight is 289 g/mol. The zero-order valence-electron chi connectivity index (χ0n) is 13.1. The first-order valence-electron chi connectivity index (χ1n) is 8.36. The van der Waals surface area contributed by atoms with E-state index >= 15 is 0 Å². The predicted molar refractivity (Wildman–Crippen MR) is 83.5 cm³/mol. The highest BCUT2D eigenvalue weighted by molar-refractivity contribution is 4.77. The molecule has 0 fully saturated rings. The molecule has 0 aromatic carbocycles. The van der Waals surface area contributed by atoms with Crippen LogP contribution in [0.4, 0.5) is 0 Å². The Morgan fingerprint density at radius 1 is 0.800 bits per heavy atom. The van der Waals surface area contributed by atoms with E-state index < -0.39 is 18.2 Å². The molecule has 0 aliphatic heterocycles. The molecule has 0 radical (unpaired) electrons. The molecule has 0 aromatic heterocycles. The van der Waals surface area contributed by atoms with Gasteiger partial charge in [-0.05, 0) is 6.42 Å². The molecule has 5 N–H and O–H groups in total. The van der Waals surface area contributed by atoms with E-state index in [1.807, 2.05) is 0 Å². The minimum atomic E-state index is -1.02. The molecule has 0 amide bonds. The molecule has 0 saturated carbocycles. The smallest absolute Gasteiger partial charge is 0.0971 e. The zero-order chi connectivity index (χ0) is 15.2. The molecule has 4 heteroatoms. The fourth-order valence-corrected chi connectivity index (χ4v) is 2.41. The zero-order valence-corrected chi connectivity index (χ0v) is 13.1. The van der Waals surface area contributed by atoms with E-state index in [0.29, 0.717) is 6.42 Å². The van der Waals surface area contributed by atoms with Gasteiger partial charge in [-0.3, -0.25) is 0 Å². The SMILES string of the molecule is CCCCCCCCCCCCC(O)C(O)C(N)CO. The number of hydrogen-bond acceptors (Lipinski definition) is 4. The monoisotopic (exact) mass is 289 g/mol. The van der Waals surface area contributed by atoms with E-state index in [4.69, 9.17) is 10.8 Å². The first kappa shape index (κ1) is 19.8. The molecule has 20 heavy (non-hydrogen) atoms. The normalized spacial score (nSPS) is 16.1. The Labute approximate surface area is 124 Å². The lowest BCUT2D eigenvalue weighted by molar-refractivity contribution is -0.0121. The fourth-order valence-electron chi connectivity index (χ4n) is 2.41. The number of aliphatic hydroxyl groups is 3. The number of aliphatic hydroxyl groups excluding tert-OH is 3. The lowest BCUT2D eigenvalue weighted by atomic mass is 10.00. The number of unbranched alkanes of at least 4 members (excludes halogenated alkanes) is 9. The minimum Gasteiger partial charge on any atom is -0.395 e. The molecule has 0 heterocycles. The second-order valence-corrected chi connectivity index (χ2v) is 5.88. The first-order valence-corrected chi connectivity index (χ1v) is 8.36. The third-order valence-electron chi connectivity index (χ3n) is 3.90. The van der Waals surface area contributed by atoms with Gasteiger partial charge >= 0.3 is 0 Å². The molecule has 0 spiro atoms. The summed E-state index contributed by atoms with van der Waals surface area (Å²) in [5.74, 6) is 0. The van der Waals surface area contributed by atoms with Crippen molar-refractivity contribution in [2.75, 3.05) is 6.61 Å². The van der Waals surface area contributed by atoms with Gasteiger partial charge in [-0.1, -0.05) is 71.1 Å². The highest BCUT2D eigenvalue weighted by Gasteiger charge is 2.21. The molecular weight excluding hydrogens is 254 g/mol. The first-order chi connectivity index (χ1) is 9.63. The molecule has 0 rings (SSSR count). The summed E-state index contributed by atoms with van der Waals surface area (Å²) in [6.45, 7) is 1.94. The Kier molecular flexibility index (Phi) is 13.7. The summed E-state index contributed by atoms with van der Waals surface area (Å²) >= 11 is 0. The Morgan fingerprint density at radius 3 is 1.70 bits per heavy atom. The summed E-state index contributed by atoms with van der Waals surface area (Å²) in [4.78, 5) is 0. The topological polar surface area (TPSA) is 86.7 Å². The number of rotatable bonds is 14. The van der Waals surface area contributed by atoms with Gasteiger partial charge in [-0.2, -0.15) is 0 Å². The van der Waals surface area contributed by atoms with Crippen LogP contribution in [0.25, 0.3) is 0 Å². The minimum absolute atomic E-state index is 0.295. The van der Waals surface area contributed by atoms with Crippen molar-refractivity contribution in [3.8, 4) is 0 Å². The average Bonchev–Trinajstić information content (AvgIpc) is 2.47. The molecule has 3 atom stereocenters. The van der Waals surface area contributed by atoms with Crippen LogP contribution in [0.15, 0.2) is 0 Å². The van der Waals surface area contributed by atoms with Crippen molar-refractivity contribution in [1.82, 2.24) is 0 Å². The molecule has 0 aliphatic rings. The maximum atomic E-state index is 9.70. The molecule has 0 bridgehead atoms. The number of hydrogen-bond donors (Lipinski definition) is 4. The van der Waals surface area contributed by atoms with E-state index in [1.54, 1.807) is 0 Å². The van der Waals surface area contributed by atoms with Gasteiger partial charge in [0.1, 0.15) is 0 Å². The fraction of sp³-hybridized carbons (Fsp3) is 1.00. The van der Waals surface area contributed by atoms with E-state index in [1.165, 1.54) is 51.4 Å². The van der Waals surface area contributed by atoms with Crippen LogP contribution in [0.5, 0.6) is 0 Å². The van der Waals surface area contributed by atoms with Crippen LogP contribution >= 0.6 is 0 Å². The summed E-state index contributed by atoms with van der Waals surface area (Å²) in [6, 6.07) is -0.742. The van der Waals surface area contributed by atoms with Crippen molar-refractivity contribution in [3.63, 3.8) is 0 Å². The van der Waals surface area contributed by atoms with E-state index in [9.17, 15) is 10.2 Å². The van der Waals surface area contributed by atoms with Crippen LogP contribution in [0.3, 0.4) is 0 Å². The Balaban J connectivity index is 3.31. The van der Waals surface area contributed by atoms with Crippen molar-refractivity contribution < 1.29 is 15.3 Å². The van der Waals surface area contributed by atoms with Crippen molar-refractivity contribution in [2.45, 2.75) is 95.8 Å². The van der Waals surface area contributed by atoms with Crippen molar-refractivity contribution in [2.24, 2.45) is 5.73 Å². The van der Waals surface area contributed by atoms with E-state index in [-0.39, 0.29) is 6.61 Å². The molecule has 4 nitrogen and oxygen atoms in total. The van der Waals surface area contributed by atoms with E-state index in [0.717, 1.165) is 12.8 Å². The van der Waals surface area contributed by atoms with Crippen LogP contribution in [0.1, 0.15) is 77.6 Å². The molecule has 122 valence electrons. The standard InChI is InChI=1S/C16H35NO3/c1-2-3-4-5-6-7-8-9-10-11-12-15(19)16(20)14(17)13-18/h14-16,18-20H,2-13,17H2,1H3. The Hall–Kier alpha value is -0.160. The third kappa shape index (κ3) is 10.6. The van der Waals surface area contributed by atoms with Gasteiger partial charge in [0.05, 0.1) is 24.9 Å². The highest BCUT2D eigenvalue weighted by Crippen LogP contribution is 2.13. The summed E-state index contributed by atoms with van der Waals surface area (Å²) < 4.78 is 0. The third-order valence-corrected chi connectivity index (χ3v) is 3.90. The largest absolute Gasteiger partial charge is 0.395 e. The van der Waals surface area contributed by atoms with Gasteiger partial charge in [-0.25, -0.2) is 0 Å². The number of nitrogens with two attached hydrogens (primary N) is 1. The van der Waals surface area contributed by atoms with Crippen LogP contribution in [0.2, 0.25) is 0 Å². The van der Waals surface area contributed by atoms with Gasteiger partial charge in [0.15, 0.2) is 0 Å². The van der Waals surface area contributed by atoms with Crippen molar-refractivity contribution in [1.29, 1.82) is 0 Å². The Bertz CT molecular complexity index is 202. The second kappa shape index (κ2) is 13.8. The lowest BCUT2D eigenvalue weighted by Crippen LogP contribution is -2.45. The van der Waals surface area contributed by atoms with Gasteiger partial charge in [0, 0.05) is 0 Å². The molecule has 3 unspecified atom stereocenters. The van der Waals surface area contributed by atoms with Crippen molar-refractivity contribution >= 4 is 0 Å². The maximum absolute atomic E-state index is 9.70. The van der Waals surface area contributed by atoms with Crippen LogP contribution in [0, 0.1) is 0 Å². The molecule has 0 aromatic rings. The molecule has 0 aliphatic carbocycles. The van der Waals surface area contributed by atoms with Gasteiger partial charge in [-0.15, -0.1) is 0 Å². The van der Waals surface area contributed by atoms with Crippen LogP contribution in [-0.4, -0.2) is 40.2 Å². The lowest BCUT2D eigenvalue weighted by Gasteiger charge is -2.22. The summed E-state index contributed by atoms with van der Waals surface area (Å²) in [5.41, 5.74) is 5.48. The molecular formula is C16H35NO3. The van der Waals surface area contributed by atoms with E-state index in [2.05, 4.69) is 6.92 Å². The second-order valence-electron chi connectivity index (χ2n) is 5.88. The molecule has 0 saturated heterocycles. The van der Waals surface area contributed by atoms with Crippen molar-refractivity contribution in [3.05, 3.63) is 0 Å². The van der Waals surface area contributed by atoms with Gasteiger partial charge in [0.2, 0.25) is 0 Å². The van der Waals surface area contributed by atoms with Crippen LogP contribution < -0.4 is 5.73 Å². The Morgan fingerprint density at radius 2 is 1.25 bits per heavy atom. The summed E-state index contributed by atoms with van der Waals surface area (Å²) in [7, 11) is 0. The summed E-state index contributed by atoms with van der Waals surface area (Å²) in [6.07, 6.45) is 11.2. The van der Waals surface area contributed by atoms with Gasteiger partial charge in [0.25, 0.3) is 0 Å². The van der Waals surface area contributed by atoms with Gasteiger partial charge < -0.3 is 21.1 Å². The summed E-state index contributed by atoms with van der Waals surface area (Å²) in [5, 5.41) is 28.1. The quantitative estimate of drug-likeness (QED) is 0.370. The maximum Gasteiger partial charge on any atom is 0.0971 e. The predicted octanol–water partition coefficient (Wildman–Crippen LogP) is 2.34.